The highest BCUT2D eigenvalue weighted by Gasteiger charge is 2.65. The SMILES string of the molecule is CC(C)(C)Cc1cc2c3c(cc(CC(C)(C)C)cc3c1)C(=O)NC2=O.CC1(C)C2CCC1(CS(=O)(=O)O)C(=O)C2. The van der Waals surface area contributed by atoms with E-state index in [1.54, 1.807) is 0 Å². The summed E-state index contributed by atoms with van der Waals surface area (Å²) in [5.41, 5.74) is 2.66. The van der Waals surface area contributed by atoms with E-state index in [4.69, 9.17) is 4.55 Å². The predicted octanol–water partition coefficient (Wildman–Crippen LogP) is 6.17. The lowest BCUT2D eigenvalue weighted by atomic mass is 9.70. The summed E-state index contributed by atoms with van der Waals surface area (Å²) in [7, 11) is -4.08. The molecule has 2 aromatic carbocycles. The minimum absolute atomic E-state index is 0.0152. The quantitative estimate of drug-likeness (QED) is 0.336. The van der Waals surface area contributed by atoms with Crippen LogP contribution in [0, 0.1) is 27.6 Å². The summed E-state index contributed by atoms with van der Waals surface area (Å²) in [4.78, 5) is 36.6. The maximum absolute atomic E-state index is 12.4. The highest BCUT2D eigenvalue weighted by Crippen LogP contribution is 2.64. The van der Waals surface area contributed by atoms with Crippen molar-refractivity contribution in [2.75, 3.05) is 5.75 Å². The van der Waals surface area contributed by atoms with Crippen LogP contribution in [0.1, 0.15) is 106 Å². The summed E-state index contributed by atoms with van der Waals surface area (Å²) < 4.78 is 31.0. The molecular weight excluding hydrogens is 526 g/mol. The highest BCUT2D eigenvalue weighted by molar-refractivity contribution is 7.85. The molecule has 0 aromatic heterocycles. The number of fused-ring (bicyclic) bond motifs is 2. The molecule has 0 spiro atoms. The zero-order valence-electron chi connectivity index (χ0n) is 25.0. The maximum atomic E-state index is 12.4. The molecule has 0 radical (unpaired) electrons. The summed E-state index contributed by atoms with van der Waals surface area (Å²) in [6.07, 6.45) is 3.74. The standard InChI is InChI=1S/C22H27NO2.C10H16O4S/c1-21(2,3)11-13-7-15-8-14(12-22(4,5)6)10-17-18(15)16(9-13)19(24)23-20(17)25;1-9(2)7-3-4-10(9,8(11)5-7)6-15(12,13)14/h7-10H,11-12H2,1-6H3,(H,23,24,25);7H,3-6H2,1-2H3,(H,12,13,14). The lowest BCUT2D eigenvalue weighted by Crippen LogP contribution is -2.42. The van der Waals surface area contributed by atoms with Gasteiger partial charge in [-0.15, -0.1) is 0 Å². The number of carbonyl (C=O) groups is 3. The smallest absolute Gasteiger partial charge is 0.265 e. The molecule has 1 aliphatic heterocycles. The normalized spacial score (nSPS) is 23.7. The van der Waals surface area contributed by atoms with Gasteiger partial charge in [-0.25, -0.2) is 0 Å². The molecule has 7 nitrogen and oxygen atoms in total. The monoisotopic (exact) mass is 569 g/mol. The van der Waals surface area contributed by atoms with E-state index in [0.717, 1.165) is 41.2 Å². The Morgan fingerprint density at radius 2 is 1.35 bits per heavy atom. The summed E-state index contributed by atoms with van der Waals surface area (Å²) in [6, 6.07) is 8.18. The molecule has 218 valence electrons. The van der Waals surface area contributed by atoms with Crippen molar-refractivity contribution in [3.05, 3.63) is 46.5 Å². The van der Waals surface area contributed by atoms with Gasteiger partial charge < -0.3 is 0 Å². The Bertz CT molecular complexity index is 1440. The first-order valence-electron chi connectivity index (χ1n) is 14.1. The van der Waals surface area contributed by atoms with Crippen molar-refractivity contribution in [3.63, 3.8) is 0 Å². The van der Waals surface area contributed by atoms with Crippen molar-refractivity contribution in [2.24, 2.45) is 27.6 Å². The molecule has 1 heterocycles. The van der Waals surface area contributed by atoms with Crippen molar-refractivity contribution >= 4 is 38.5 Å². The number of nitrogens with one attached hydrogen (secondary N) is 1. The number of ketones is 1. The van der Waals surface area contributed by atoms with Gasteiger partial charge in [-0.2, -0.15) is 8.42 Å². The number of carbonyl (C=O) groups excluding carboxylic acids is 3. The van der Waals surface area contributed by atoms with Crippen molar-refractivity contribution in [1.29, 1.82) is 0 Å². The molecular formula is C32H43NO6S. The molecule has 2 fully saturated rings. The molecule has 8 heteroatoms. The number of hydrogen-bond donors (Lipinski definition) is 2. The first-order chi connectivity index (χ1) is 18.1. The second-order valence-corrected chi connectivity index (χ2v) is 16.5. The van der Waals surface area contributed by atoms with E-state index in [1.165, 1.54) is 0 Å². The number of rotatable bonds is 4. The molecule has 2 aromatic rings. The fourth-order valence-electron chi connectivity index (χ4n) is 7.08. The van der Waals surface area contributed by atoms with E-state index < -0.39 is 21.3 Å². The highest BCUT2D eigenvalue weighted by atomic mass is 32.2. The van der Waals surface area contributed by atoms with Gasteiger partial charge in [-0.05, 0) is 76.5 Å². The van der Waals surface area contributed by atoms with Crippen LogP contribution in [-0.2, 0) is 27.8 Å². The zero-order valence-corrected chi connectivity index (χ0v) is 25.8. The van der Waals surface area contributed by atoms with E-state index in [9.17, 15) is 22.8 Å². The van der Waals surface area contributed by atoms with Gasteiger partial charge in [-0.3, -0.25) is 24.3 Å². The molecule has 2 unspecified atom stereocenters. The number of imide groups is 1. The Hall–Kier alpha value is -2.58. The van der Waals surface area contributed by atoms with Crippen molar-refractivity contribution < 1.29 is 27.4 Å². The molecule has 2 aliphatic carbocycles. The van der Waals surface area contributed by atoms with Gasteiger partial charge in [0.2, 0.25) is 0 Å². The fraction of sp³-hybridized carbons (Fsp3) is 0.594. The Balaban J connectivity index is 0.000000210. The van der Waals surface area contributed by atoms with Gasteiger partial charge in [0.15, 0.2) is 0 Å². The van der Waals surface area contributed by atoms with Gasteiger partial charge in [0.1, 0.15) is 5.78 Å². The van der Waals surface area contributed by atoms with Gasteiger partial charge >= 0.3 is 0 Å². The molecule has 40 heavy (non-hydrogen) atoms. The number of hydrogen-bond acceptors (Lipinski definition) is 5. The third-order valence-corrected chi connectivity index (χ3v) is 9.78. The van der Waals surface area contributed by atoms with Crippen molar-refractivity contribution in [2.45, 2.75) is 87.5 Å². The second-order valence-electron chi connectivity index (χ2n) is 15.0. The van der Waals surface area contributed by atoms with E-state index in [1.807, 2.05) is 26.0 Å². The molecule has 3 aliphatic rings. The van der Waals surface area contributed by atoms with Crippen molar-refractivity contribution in [3.8, 4) is 0 Å². The average Bonchev–Trinajstić information content (AvgIpc) is 3.08. The number of amides is 2. The van der Waals surface area contributed by atoms with Crippen LogP contribution >= 0.6 is 0 Å². The number of benzene rings is 2. The summed E-state index contributed by atoms with van der Waals surface area (Å²) in [5.74, 6) is -0.681. The minimum atomic E-state index is -4.08. The lowest BCUT2D eigenvalue weighted by molar-refractivity contribution is -0.128. The number of Topliss-reactive ketones (excluding diaryl/α,β-unsaturated/α-hetero) is 1. The predicted molar refractivity (Wildman–Crippen MR) is 157 cm³/mol. The fourth-order valence-corrected chi connectivity index (χ4v) is 8.38. The van der Waals surface area contributed by atoms with Crippen LogP contribution in [-0.4, -0.2) is 36.3 Å². The maximum Gasteiger partial charge on any atom is 0.265 e. The molecule has 2 amide bonds. The van der Waals surface area contributed by atoms with Gasteiger partial charge in [0, 0.05) is 22.9 Å². The second kappa shape index (κ2) is 9.76. The van der Waals surface area contributed by atoms with Crippen LogP contribution in [0.4, 0.5) is 0 Å². The largest absolute Gasteiger partial charge is 0.299 e. The van der Waals surface area contributed by atoms with E-state index in [0.29, 0.717) is 24.0 Å². The first-order valence-corrected chi connectivity index (χ1v) is 15.7. The van der Waals surface area contributed by atoms with Crippen LogP contribution in [0.15, 0.2) is 24.3 Å². The Morgan fingerprint density at radius 3 is 1.70 bits per heavy atom. The minimum Gasteiger partial charge on any atom is -0.299 e. The van der Waals surface area contributed by atoms with E-state index >= 15 is 0 Å². The Labute approximate surface area is 238 Å². The Kier molecular flexibility index (Phi) is 7.41. The third-order valence-electron chi connectivity index (χ3n) is 8.92. The molecule has 5 rings (SSSR count). The van der Waals surface area contributed by atoms with E-state index in [2.05, 4.69) is 59.0 Å². The lowest BCUT2D eigenvalue weighted by Gasteiger charge is -2.35. The van der Waals surface area contributed by atoms with Crippen LogP contribution in [0.5, 0.6) is 0 Å². The van der Waals surface area contributed by atoms with Gasteiger partial charge in [0.05, 0.1) is 11.2 Å². The van der Waals surface area contributed by atoms with Gasteiger partial charge in [-0.1, -0.05) is 67.5 Å². The molecule has 2 bridgehead atoms. The van der Waals surface area contributed by atoms with E-state index in [-0.39, 0.29) is 39.8 Å². The van der Waals surface area contributed by atoms with Crippen LogP contribution in [0.3, 0.4) is 0 Å². The average molecular weight is 570 g/mol. The van der Waals surface area contributed by atoms with Crippen molar-refractivity contribution in [1.82, 2.24) is 5.32 Å². The summed E-state index contributed by atoms with van der Waals surface area (Å²) >= 11 is 0. The molecule has 0 saturated heterocycles. The molecule has 2 N–H and O–H groups in total. The van der Waals surface area contributed by atoms with Crippen LogP contribution in [0.25, 0.3) is 10.8 Å². The van der Waals surface area contributed by atoms with Gasteiger partial charge in [0.25, 0.3) is 21.9 Å². The van der Waals surface area contributed by atoms with Crippen LogP contribution < -0.4 is 5.32 Å². The topological polar surface area (TPSA) is 118 Å². The molecule has 2 atom stereocenters. The summed E-state index contributed by atoms with van der Waals surface area (Å²) in [6.45, 7) is 17.0. The zero-order chi connectivity index (χ0) is 30.1. The summed E-state index contributed by atoms with van der Waals surface area (Å²) in [5, 5.41) is 4.29. The Morgan fingerprint density at radius 1 is 0.875 bits per heavy atom. The molecule has 2 saturated carbocycles. The first kappa shape index (κ1) is 30.4. The van der Waals surface area contributed by atoms with Crippen LogP contribution in [0.2, 0.25) is 0 Å². The third kappa shape index (κ3) is 5.89.